The van der Waals surface area contributed by atoms with Gasteiger partial charge in [-0.25, -0.2) is 4.79 Å². The van der Waals surface area contributed by atoms with E-state index in [2.05, 4.69) is 0 Å². The van der Waals surface area contributed by atoms with E-state index in [1.165, 1.54) is 12.2 Å². The average Bonchev–Trinajstić information content (AvgIpc) is 2.51. The molecule has 1 unspecified atom stereocenters. The van der Waals surface area contributed by atoms with E-state index in [0.717, 1.165) is 0 Å². The van der Waals surface area contributed by atoms with Crippen LogP contribution in [-0.2, 0) is 14.3 Å². The monoisotopic (exact) mass is 226 g/mol. The molecule has 0 bridgehead atoms. The van der Waals surface area contributed by atoms with Gasteiger partial charge in [0.15, 0.2) is 0 Å². The molecule has 0 aromatic carbocycles. The van der Waals surface area contributed by atoms with Gasteiger partial charge in [0.05, 0.1) is 12.2 Å². The number of aliphatic hydroxyl groups excluding tert-OH is 2. The number of esters is 1. The maximum atomic E-state index is 11.3. The summed E-state index contributed by atoms with van der Waals surface area (Å²) in [6.45, 7) is 1.63. The second kappa shape index (κ2) is 4.37. The third-order valence-corrected chi connectivity index (χ3v) is 2.68. The molecule has 0 aliphatic carbocycles. The summed E-state index contributed by atoms with van der Waals surface area (Å²) in [6.07, 6.45) is 2.35. The number of fused-ring (bicyclic) bond motifs is 1. The third kappa shape index (κ3) is 1.89. The van der Waals surface area contributed by atoms with E-state index >= 15 is 0 Å². The van der Waals surface area contributed by atoms with Crippen molar-refractivity contribution in [3.05, 3.63) is 23.8 Å². The Labute approximate surface area is 93.0 Å². The van der Waals surface area contributed by atoms with Crippen LogP contribution in [0.25, 0.3) is 0 Å². The number of carbonyl (C=O) groups is 1. The molecule has 2 aliphatic heterocycles. The molecule has 2 N–H and O–H groups in total. The zero-order valence-electron chi connectivity index (χ0n) is 8.87. The van der Waals surface area contributed by atoms with Gasteiger partial charge in [-0.15, -0.1) is 0 Å². The zero-order valence-corrected chi connectivity index (χ0v) is 8.87. The minimum absolute atomic E-state index is 0.112. The molecule has 5 heteroatoms. The smallest absolute Gasteiger partial charge is 0.336 e. The first-order valence-electron chi connectivity index (χ1n) is 5.17. The Hall–Kier alpha value is -1.17. The number of hydrogen-bond donors (Lipinski definition) is 2. The molecule has 16 heavy (non-hydrogen) atoms. The summed E-state index contributed by atoms with van der Waals surface area (Å²) in [4.78, 5) is 11.3. The predicted octanol–water partition coefficient (Wildman–Crippen LogP) is -0.465. The van der Waals surface area contributed by atoms with Gasteiger partial charge >= 0.3 is 5.97 Å². The van der Waals surface area contributed by atoms with Crippen LogP contribution >= 0.6 is 0 Å². The lowest BCUT2D eigenvalue weighted by molar-refractivity contribution is -0.139. The summed E-state index contributed by atoms with van der Waals surface area (Å²) in [5.74, 6) is -0.430. The molecule has 88 valence electrons. The maximum absolute atomic E-state index is 11.3. The minimum atomic E-state index is -0.883. The van der Waals surface area contributed by atoms with Gasteiger partial charge in [-0.1, -0.05) is 12.2 Å². The Morgan fingerprint density at radius 2 is 2.31 bits per heavy atom. The number of ether oxygens (including phenoxy) is 2. The van der Waals surface area contributed by atoms with Crippen molar-refractivity contribution in [3.8, 4) is 0 Å². The van der Waals surface area contributed by atoms with E-state index < -0.39 is 24.3 Å². The van der Waals surface area contributed by atoms with E-state index in [-0.39, 0.29) is 12.7 Å². The predicted molar refractivity (Wildman–Crippen MR) is 54.5 cm³/mol. The Morgan fingerprint density at radius 3 is 3.00 bits per heavy atom. The van der Waals surface area contributed by atoms with Crippen LogP contribution in [-0.4, -0.2) is 47.2 Å². The highest BCUT2D eigenvalue weighted by Gasteiger charge is 2.43. The van der Waals surface area contributed by atoms with Crippen LogP contribution in [0.5, 0.6) is 0 Å². The highest BCUT2D eigenvalue weighted by molar-refractivity contribution is 5.92. The van der Waals surface area contributed by atoms with Crippen LogP contribution in [0.3, 0.4) is 0 Å². The van der Waals surface area contributed by atoms with Crippen molar-refractivity contribution in [1.82, 2.24) is 0 Å². The molecule has 2 rings (SSSR count). The van der Waals surface area contributed by atoms with Crippen molar-refractivity contribution in [2.45, 2.75) is 31.3 Å². The maximum Gasteiger partial charge on any atom is 0.336 e. The van der Waals surface area contributed by atoms with Gasteiger partial charge in [0.25, 0.3) is 0 Å². The molecule has 0 saturated carbocycles. The van der Waals surface area contributed by atoms with E-state index in [1.807, 2.05) is 0 Å². The Kier molecular flexibility index (Phi) is 3.09. The van der Waals surface area contributed by atoms with Crippen molar-refractivity contribution in [2.75, 3.05) is 6.61 Å². The quantitative estimate of drug-likeness (QED) is 0.492. The number of carbonyl (C=O) groups excluding carboxylic acids is 1. The summed E-state index contributed by atoms with van der Waals surface area (Å²) in [6, 6.07) is 0. The molecule has 2 aliphatic rings. The average molecular weight is 226 g/mol. The third-order valence-electron chi connectivity index (χ3n) is 2.68. The lowest BCUT2D eigenvalue weighted by Gasteiger charge is -2.28. The summed E-state index contributed by atoms with van der Waals surface area (Å²) < 4.78 is 10.5. The Bertz CT molecular complexity index is 346. The van der Waals surface area contributed by atoms with Crippen LogP contribution in [0.4, 0.5) is 0 Å². The highest BCUT2D eigenvalue weighted by atomic mass is 16.6. The molecule has 2 heterocycles. The Balaban J connectivity index is 2.19. The fraction of sp³-hybridized carbons (Fsp3) is 0.545. The molecule has 1 fully saturated rings. The van der Waals surface area contributed by atoms with Gasteiger partial charge in [-0.2, -0.15) is 0 Å². The number of hydrogen-bond acceptors (Lipinski definition) is 5. The summed E-state index contributed by atoms with van der Waals surface area (Å²) >= 11 is 0. The largest absolute Gasteiger partial charge is 0.456 e. The van der Waals surface area contributed by atoms with Crippen molar-refractivity contribution < 1.29 is 24.5 Å². The Morgan fingerprint density at radius 1 is 1.56 bits per heavy atom. The van der Waals surface area contributed by atoms with Crippen molar-refractivity contribution in [1.29, 1.82) is 0 Å². The first-order chi connectivity index (χ1) is 7.63. The lowest BCUT2D eigenvalue weighted by atomic mass is 9.99. The first-order valence-corrected chi connectivity index (χ1v) is 5.17. The SMILES string of the molecule is C[C@@H]1OC(=O)C2=C[C@@H](O)C(/C=C\CO)O[C@@H]21. The van der Waals surface area contributed by atoms with Gasteiger partial charge in [-0.3, -0.25) is 0 Å². The fourth-order valence-electron chi connectivity index (χ4n) is 1.90. The summed E-state index contributed by atoms with van der Waals surface area (Å²) in [7, 11) is 0. The molecular formula is C11H14O5. The standard InChI is InChI=1S/C11H14O5/c1-6-10-7(11(14)15-6)5-8(13)9(16-10)3-2-4-12/h2-3,5-6,8-10,12-13H,4H2,1H3/b3-2-/t6-,8+,9?,10+/m0/s1. The van der Waals surface area contributed by atoms with Gasteiger partial charge in [-0.05, 0) is 13.0 Å². The van der Waals surface area contributed by atoms with E-state index in [4.69, 9.17) is 14.6 Å². The van der Waals surface area contributed by atoms with Crippen LogP contribution in [0.2, 0.25) is 0 Å². The van der Waals surface area contributed by atoms with Gasteiger partial charge in [0.2, 0.25) is 0 Å². The first kappa shape index (κ1) is 11.3. The van der Waals surface area contributed by atoms with Gasteiger partial charge in [0.1, 0.15) is 24.4 Å². The topological polar surface area (TPSA) is 76.0 Å². The second-order valence-electron chi connectivity index (χ2n) is 3.86. The molecule has 0 spiro atoms. The summed E-state index contributed by atoms with van der Waals surface area (Å²) in [5.41, 5.74) is 0.383. The molecule has 4 atom stereocenters. The van der Waals surface area contributed by atoms with Crippen molar-refractivity contribution in [3.63, 3.8) is 0 Å². The molecule has 5 nitrogen and oxygen atoms in total. The molecule has 1 saturated heterocycles. The lowest BCUT2D eigenvalue weighted by Crippen LogP contribution is -2.38. The van der Waals surface area contributed by atoms with E-state index in [9.17, 15) is 9.90 Å². The normalized spacial score (nSPS) is 38.4. The summed E-state index contributed by atoms with van der Waals surface area (Å²) in [5, 5.41) is 18.4. The van der Waals surface area contributed by atoms with Gasteiger partial charge < -0.3 is 19.7 Å². The molecule has 0 radical (unpaired) electrons. The highest BCUT2D eigenvalue weighted by Crippen LogP contribution is 2.30. The second-order valence-corrected chi connectivity index (χ2v) is 3.86. The van der Waals surface area contributed by atoms with Crippen molar-refractivity contribution >= 4 is 5.97 Å². The number of rotatable bonds is 2. The molecular weight excluding hydrogens is 212 g/mol. The van der Waals surface area contributed by atoms with Gasteiger partial charge in [0, 0.05) is 0 Å². The van der Waals surface area contributed by atoms with E-state index in [1.54, 1.807) is 13.0 Å². The van der Waals surface area contributed by atoms with E-state index in [0.29, 0.717) is 5.57 Å². The fourth-order valence-corrected chi connectivity index (χ4v) is 1.90. The van der Waals surface area contributed by atoms with Crippen LogP contribution in [0.1, 0.15) is 6.92 Å². The number of cyclic esters (lactones) is 1. The van der Waals surface area contributed by atoms with Crippen LogP contribution < -0.4 is 0 Å². The van der Waals surface area contributed by atoms with Crippen LogP contribution in [0, 0.1) is 0 Å². The van der Waals surface area contributed by atoms with Crippen molar-refractivity contribution in [2.24, 2.45) is 0 Å². The number of aliphatic hydroxyl groups is 2. The zero-order chi connectivity index (χ0) is 11.7. The molecule has 0 aromatic heterocycles. The molecule has 0 amide bonds. The minimum Gasteiger partial charge on any atom is -0.456 e. The molecule has 0 aromatic rings. The van der Waals surface area contributed by atoms with Crippen LogP contribution in [0.15, 0.2) is 23.8 Å².